The molecule has 0 bridgehead atoms. The van der Waals surface area contributed by atoms with Gasteiger partial charge >= 0.3 is 165 Å². The molecule has 3 nitrogen and oxygen atoms in total. The van der Waals surface area contributed by atoms with E-state index in [0.717, 1.165) is 0 Å². The summed E-state index contributed by atoms with van der Waals surface area (Å²) in [5.41, 5.74) is 0.604. The minimum atomic E-state index is -1.98. The molecule has 1 aliphatic carbocycles. The van der Waals surface area contributed by atoms with Gasteiger partial charge in [0.05, 0.1) is 6.29 Å². The fraction of sp³-hybridized carbons (Fsp3) is 0. The van der Waals surface area contributed by atoms with Crippen molar-refractivity contribution in [2.75, 3.05) is 0 Å². The first kappa shape index (κ1) is 34.5. The second kappa shape index (κ2) is 23.9. The van der Waals surface area contributed by atoms with E-state index in [0.29, 0.717) is 5.56 Å². The second-order valence-electron chi connectivity index (χ2n) is 6.90. The zero-order valence-electron chi connectivity index (χ0n) is 20.1. The molecule has 4 aromatic rings. The van der Waals surface area contributed by atoms with Gasteiger partial charge in [-0.3, -0.25) is 0 Å². The van der Waals surface area contributed by atoms with Crippen LogP contribution in [0, 0.1) is 45.4 Å². The fourth-order valence-corrected chi connectivity index (χ4v) is 10.5. The molecule has 1 aliphatic rings. The van der Waals surface area contributed by atoms with E-state index in [2.05, 4.69) is 104 Å². The Balaban J connectivity index is 0.000000596. The normalized spacial score (nSPS) is 10.6. The van der Waals surface area contributed by atoms with Crippen molar-refractivity contribution < 1.29 is 35.2 Å². The summed E-state index contributed by atoms with van der Waals surface area (Å²) in [4.78, 5) is 9.88. The fourth-order valence-electron chi connectivity index (χ4n) is 3.14. The van der Waals surface area contributed by atoms with Gasteiger partial charge in [-0.05, 0) is 32.1 Å². The van der Waals surface area contributed by atoms with Crippen LogP contribution in [0.3, 0.4) is 0 Å². The summed E-state index contributed by atoms with van der Waals surface area (Å²) < 4.78 is 19.6. The van der Waals surface area contributed by atoms with Gasteiger partial charge in [-0.2, -0.15) is 17.7 Å². The van der Waals surface area contributed by atoms with Crippen LogP contribution in [0.2, 0.25) is 0 Å². The maximum absolute atomic E-state index is 9.88. The number of hydrogen-bond acceptors (Lipinski definition) is 1. The van der Waals surface area contributed by atoms with Crippen molar-refractivity contribution in [3.05, 3.63) is 172 Å². The molecule has 6 radical (unpaired) electrons. The summed E-state index contributed by atoms with van der Waals surface area (Å²) in [7, 11) is 0. The van der Waals surface area contributed by atoms with Gasteiger partial charge in [0.1, 0.15) is 0 Å². The molecule has 0 unspecified atom stereocenters. The summed E-state index contributed by atoms with van der Waals surface area (Å²) >= 11 is -1.98. The van der Waals surface area contributed by atoms with E-state index < -0.39 is 19.8 Å². The molecule has 0 N–H and O–H groups in total. The van der Waals surface area contributed by atoms with E-state index in [4.69, 9.17) is 9.30 Å². The van der Waals surface area contributed by atoms with Crippen LogP contribution in [0.4, 0.5) is 0 Å². The SMILES string of the molecule is O=[C-]c1ccccc1.[C-]#[O+].[C-]#[O+].[CH]1[CH][CH][CH][CH]1.[W+2].c1cc[c]([Sn]([c]2ccccc2)[c]2ccccc2)cc1. The molecular formula is C32H25O3SnW+. The van der Waals surface area contributed by atoms with E-state index in [1.807, 2.05) is 38.2 Å². The van der Waals surface area contributed by atoms with Gasteiger partial charge < -0.3 is 4.79 Å². The van der Waals surface area contributed by atoms with Crippen molar-refractivity contribution in [3.8, 4) is 0 Å². The summed E-state index contributed by atoms with van der Waals surface area (Å²) in [5.74, 6) is 0. The van der Waals surface area contributed by atoms with Crippen LogP contribution < -0.4 is 10.7 Å². The van der Waals surface area contributed by atoms with E-state index in [9.17, 15) is 4.79 Å². The van der Waals surface area contributed by atoms with Gasteiger partial charge in [-0.15, -0.1) is 12.1 Å². The maximum atomic E-state index is 9.88. The summed E-state index contributed by atoms with van der Waals surface area (Å²) in [6, 6.07) is 41.8. The van der Waals surface area contributed by atoms with Crippen molar-refractivity contribution in [1.29, 1.82) is 0 Å². The Bertz CT molecular complexity index is 991. The van der Waals surface area contributed by atoms with Gasteiger partial charge in [0.15, 0.2) is 0 Å². The van der Waals surface area contributed by atoms with E-state index >= 15 is 0 Å². The molecule has 0 heterocycles. The predicted octanol–water partition coefficient (Wildman–Crippen LogP) is 4.29. The summed E-state index contributed by atoms with van der Waals surface area (Å²) in [5, 5.41) is 0. The number of rotatable bonds is 4. The van der Waals surface area contributed by atoms with Crippen molar-refractivity contribution >= 4 is 36.8 Å². The van der Waals surface area contributed by atoms with Gasteiger partial charge in [0.25, 0.3) is 0 Å². The Morgan fingerprint density at radius 2 is 0.703 bits per heavy atom. The Labute approximate surface area is 242 Å². The van der Waals surface area contributed by atoms with Gasteiger partial charge in [-0.25, -0.2) is 0 Å². The molecule has 5 rings (SSSR count). The summed E-state index contributed by atoms with van der Waals surface area (Å²) in [6.07, 6.45) is 11.8. The number of hydrogen-bond donors (Lipinski definition) is 0. The molecule has 37 heavy (non-hydrogen) atoms. The predicted molar refractivity (Wildman–Crippen MR) is 145 cm³/mol. The first-order valence-corrected chi connectivity index (χ1v) is 15.2. The van der Waals surface area contributed by atoms with E-state index in [1.54, 1.807) is 30.6 Å². The Kier molecular flexibility index (Phi) is 22.3. The molecule has 0 saturated heterocycles. The molecule has 0 spiro atoms. The monoisotopic (exact) mass is 761 g/mol. The average molecular weight is 760 g/mol. The summed E-state index contributed by atoms with van der Waals surface area (Å²) in [6.45, 7) is 9.00. The third-order valence-corrected chi connectivity index (χ3v) is 12.4. The molecule has 180 valence electrons. The first-order valence-electron chi connectivity index (χ1n) is 10.9. The molecule has 1 saturated carbocycles. The molecule has 4 aromatic carbocycles. The van der Waals surface area contributed by atoms with Crippen LogP contribution >= 0.6 is 0 Å². The third-order valence-electron chi connectivity index (χ3n) is 4.63. The average Bonchev–Trinajstić information content (AvgIpc) is 3.59. The zero-order chi connectivity index (χ0) is 26.3. The van der Waals surface area contributed by atoms with Crippen LogP contribution in [0.25, 0.3) is 0 Å². The first-order chi connectivity index (χ1) is 17.9. The van der Waals surface area contributed by atoms with E-state index in [-0.39, 0.29) is 21.1 Å². The Morgan fingerprint density at radius 3 is 0.919 bits per heavy atom. The van der Waals surface area contributed by atoms with Crippen LogP contribution in [-0.2, 0) is 35.2 Å². The second-order valence-corrected chi connectivity index (χ2v) is 14.0. The Hall–Kier alpha value is -2.48. The van der Waals surface area contributed by atoms with Crippen LogP contribution in [-0.4, -0.2) is 26.0 Å². The molecule has 5 heteroatoms. The van der Waals surface area contributed by atoms with Gasteiger partial charge in [0.2, 0.25) is 0 Å². The number of benzene rings is 4. The minimum absolute atomic E-state index is 0. The van der Waals surface area contributed by atoms with Crippen LogP contribution in [0.5, 0.6) is 0 Å². The Morgan fingerprint density at radius 1 is 0.459 bits per heavy atom. The van der Waals surface area contributed by atoms with Crippen molar-refractivity contribution in [3.63, 3.8) is 0 Å². The van der Waals surface area contributed by atoms with Gasteiger partial charge in [0, 0.05) is 0 Å². The van der Waals surface area contributed by atoms with E-state index in [1.165, 1.54) is 10.7 Å². The molecule has 1 fully saturated rings. The van der Waals surface area contributed by atoms with Crippen molar-refractivity contribution in [2.45, 2.75) is 0 Å². The molecule has 0 aromatic heterocycles. The molecule has 0 atom stereocenters. The van der Waals surface area contributed by atoms with Crippen LogP contribution in [0.15, 0.2) is 121 Å². The van der Waals surface area contributed by atoms with Crippen LogP contribution in [0.1, 0.15) is 5.56 Å². The molecular weight excluding hydrogens is 735 g/mol. The number of carbonyl (C=O) groups excluding carboxylic acids is 1. The quantitative estimate of drug-likeness (QED) is 0.174. The molecule has 0 aliphatic heterocycles. The van der Waals surface area contributed by atoms with Gasteiger partial charge in [-0.1, -0.05) is 6.07 Å². The topological polar surface area (TPSA) is 56.9 Å². The molecule has 0 amide bonds. The van der Waals surface area contributed by atoms with Crippen molar-refractivity contribution in [2.24, 2.45) is 0 Å². The standard InChI is InChI=1S/C7H5O.3C6H5.C5H5.2CO.Sn.W/c8-6-7-4-2-1-3-5-7;3*1-2-4-6-5-3-1;1-2-4-5-3-1;2*1-2;;/h1-5H;3*1-5H;1-5H;;;;/q-1;;;;;;;;+2. The third kappa shape index (κ3) is 14.1. The van der Waals surface area contributed by atoms with Crippen molar-refractivity contribution in [1.82, 2.24) is 0 Å². The zero-order valence-corrected chi connectivity index (χ0v) is 25.9.